The summed E-state index contributed by atoms with van der Waals surface area (Å²) in [6, 6.07) is 0. The minimum Gasteiger partial charge on any atom is -0.316 e. The predicted molar refractivity (Wildman–Crippen MR) is 145 cm³/mol. The van der Waals surface area contributed by atoms with Crippen LogP contribution in [0.3, 0.4) is 0 Å². The zero-order chi connectivity index (χ0) is 24.2. The molecule has 2 fully saturated rings. The fraction of sp³-hybridized carbons (Fsp3) is 1.00. The Hall–Kier alpha value is -0.160. The smallest absolute Gasteiger partial charge is 0.0520 e. The molecule has 0 amide bonds. The monoisotopic (exact) mass is 466 g/mol. The first-order chi connectivity index (χ1) is 15.9. The van der Waals surface area contributed by atoms with Gasteiger partial charge in [-0.05, 0) is 89.9 Å². The lowest BCUT2D eigenvalue weighted by Gasteiger charge is -2.48. The van der Waals surface area contributed by atoms with Crippen LogP contribution in [0.2, 0.25) is 0 Å². The quantitative estimate of drug-likeness (QED) is 0.197. The second-order valence-corrected chi connectivity index (χ2v) is 11.5. The maximum absolute atomic E-state index is 5.92. The number of nitrogens with zero attached hydrogens (tertiary/aromatic N) is 2. The highest BCUT2D eigenvalue weighted by Crippen LogP contribution is 2.42. The Labute approximate surface area is 207 Å². The van der Waals surface area contributed by atoms with Crippen LogP contribution in [0.25, 0.3) is 0 Å². The van der Waals surface area contributed by atoms with Gasteiger partial charge in [-0.2, -0.15) is 0 Å². The summed E-state index contributed by atoms with van der Waals surface area (Å²) in [6.07, 6.45) is 23.1. The minimum absolute atomic E-state index is 0.147. The molecule has 0 bridgehead atoms. The molecular formula is C29H60N4. The van der Waals surface area contributed by atoms with Crippen LogP contribution in [-0.4, -0.2) is 53.2 Å². The van der Waals surface area contributed by atoms with Gasteiger partial charge in [-0.3, -0.25) is 9.80 Å². The van der Waals surface area contributed by atoms with Crippen molar-refractivity contribution in [2.45, 2.75) is 154 Å². The third kappa shape index (κ3) is 8.47. The molecule has 0 aromatic carbocycles. The molecular weight excluding hydrogens is 406 g/mol. The van der Waals surface area contributed by atoms with E-state index in [1.807, 2.05) is 0 Å². The molecule has 0 aromatic rings. The van der Waals surface area contributed by atoms with Gasteiger partial charge >= 0.3 is 0 Å². The Kier molecular flexibility index (Phi) is 13.3. The van der Waals surface area contributed by atoms with Crippen LogP contribution >= 0.6 is 0 Å². The van der Waals surface area contributed by atoms with E-state index in [-0.39, 0.29) is 6.17 Å². The molecule has 0 aromatic heterocycles. The van der Waals surface area contributed by atoms with Crippen molar-refractivity contribution in [3.05, 3.63) is 0 Å². The maximum Gasteiger partial charge on any atom is 0.0520 e. The molecule has 0 aliphatic heterocycles. The predicted octanol–water partition coefficient (Wildman–Crippen LogP) is 6.67. The molecule has 0 heterocycles. The lowest BCUT2D eigenvalue weighted by atomic mass is 9.74. The summed E-state index contributed by atoms with van der Waals surface area (Å²) >= 11 is 0. The summed E-state index contributed by atoms with van der Waals surface area (Å²) in [4.78, 5) is 5.63. The number of hydrogen-bond acceptors (Lipinski definition) is 4. The molecule has 0 saturated heterocycles. The minimum atomic E-state index is -0.147. The maximum atomic E-state index is 5.92. The molecule has 33 heavy (non-hydrogen) atoms. The Morgan fingerprint density at radius 1 is 0.576 bits per heavy atom. The molecule has 2 rings (SSSR count). The Morgan fingerprint density at radius 2 is 0.970 bits per heavy atom. The molecule has 4 N–H and O–H groups in total. The van der Waals surface area contributed by atoms with Gasteiger partial charge in [0.25, 0.3) is 0 Å². The van der Waals surface area contributed by atoms with E-state index in [4.69, 9.17) is 11.5 Å². The van der Waals surface area contributed by atoms with E-state index in [0.717, 1.165) is 12.3 Å². The number of nitrogens with two attached hydrogens (primary N) is 2. The van der Waals surface area contributed by atoms with E-state index in [0.29, 0.717) is 11.1 Å². The first kappa shape index (κ1) is 29.1. The SMILES string of the molecule is CC[15N](CC)C1(CCC(CCCC(N)N)CCC2([15N](CC)CC)CCCCC2)CCCCC1. The van der Waals surface area contributed by atoms with Crippen molar-refractivity contribution in [2.24, 2.45) is 17.4 Å². The number of hydrogen-bond donors (Lipinski definition) is 2. The number of rotatable bonds is 16. The average molecular weight is 467 g/mol. The van der Waals surface area contributed by atoms with Gasteiger partial charge in [0.1, 0.15) is 0 Å². The van der Waals surface area contributed by atoms with Gasteiger partial charge in [-0.15, -0.1) is 0 Å². The standard InChI is InChI=1S/C29H60N4/c1-5-32(6-2)28(20-11-9-12-21-28)24-18-26(16-15-17-27(30)31)19-25-29(33(7-3)8-4)22-13-10-14-23-29/h26-27H,5-25,30-31H2,1-4H3/i32+1,33+1. The van der Waals surface area contributed by atoms with Crippen molar-refractivity contribution in [2.75, 3.05) is 26.2 Å². The molecule has 2 saturated carbocycles. The van der Waals surface area contributed by atoms with Crippen molar-refractivity contribution >= 4 is 0 Å². The van der Waals surface area contributed by atoms with Gasteiger partial charge in [0.15, 0.2) is 0 Å². The van der Waals surface area contributed by atoms with Crippen LogP contribution < -0.4 is 11.5 Å². The molecule has 2 aliphatic carbocycles. The zero-order valence-electron chi connectivity index (χ0n) is 23.1. The summed E-state index contributed by atoms with van der Waals surface area (Å²) in [5.74, 6) is 0.826. The topological polar surface area (TPSA) is 58.5 Å². The Bertz CT molecular complexity index is 448. The molecule has 4 nitrogen and oxygen atoms in total. The van der Waals surface area contributed by atoms with Crippen LogP contribution in [0.4, 0.5) is 0 Å². The van der Waals surface area contributed by atoms with Gasteiger partial charge in [0.05, 0.1) is 6.17 Å². The van der Waals surface area contributed by atoms with Crippen LogP contribution in [0.1, 0.15) is 137 Å². The fourth-order valence-electron chi connectivity index (χ4n) is 7.68. The molecule has 0 atom stereocenters. The largest absolute Gasteiger partial charge is 0.316 e. The lowest BCUT2D eigenvalue weighted by Crippen LogP contribution is -2.50. The molecule has 0 spiro atoms. The van der Waals surface area contributed by atoms with E-state index < -0.39 is 0 Å². The normalized spacial score (nSPS) is 20.9. The van der Waals surface area contributed by atoms with Crippen molar-refractivity contribution in [3.63, 3.8) is 0 Å². The summed E-state index contributed by atoms with van der Waals surface area (Å²) in [5, 5.41) is 0. The molecule has 4 heteroatoms. The highest BCUT2D eigenvalue weighted by molar-refractivity contribution is 4.95. The summed E-state index contributed by atoms with van der Waals surface area (Å²) in [5.41, 5.74) is 12.8. The van der Waals surface area contributed by atoms with E-state index in [2.05, 4.69) is 37.5 Å². The lowest BCUT2D eigenvalue weighted by molar-refractivity contribution is 0.0340. The Balaban J connectivity index is 2.09. The molecule has 0 radical (unpaired) electrons. The van der Waals surface area contributed by atoms with Gasteiger partial charge in [-0.1, -0.05) is 79.1 Å². The van der Waals surface area contributed by atoms with Crippen molar-refractivity contribution < 1.29 is 0 Å². The molecule has 0 unspecified atom stereocenters. The van der Waals surface area contributed by atoms with Crippen molar-refractivity contribution in [1.82, 2.24) is 9.80 Å². The highest BCUT2D eigenvalue weighted by Gasteiger charge is 2.38. The third-order valence-electron chi connectivity index (χ3n) is 9.62. The van der Waals surface area contributed by atoms with Crippen LogP contribution in [0, 0.1) is 5.92 Å². The fourth-order valence-corrected chi connectivity index (χ4v) is 7.68. The summed E-state index contributed by atoms with van der Waals surface area (Å²) in [7, 11) is 0. The van der Waals surface area contributed by atoms with Crippen molar-refractivity contribution in [1.29, 1.82) is 0 Å². The molecule has 196 valence electrons. The van der Waals surface area contributed by atoms with Gasteiger partial charge < -0.3 is 11.5 Å². The van der Waals surface area contributed by atoms with Crippen molar-refractivity contribution in [3.8, 4) is 0 Å². The summed E-state index contributed by atoms with van der Waals surface area (Å²) in [6.45, 7) is 14.3. The van der Waals surface area contributed by atoms with Crippen LogP contribution in [-0.2, 0) is 0 Å². The molecule has 2 aliphatic rings. The first-order valence-corrected chi connectivity index (χ1v) is 15.0. The van der Waals surface area contributed by atoms with E-state index in [1.165, 1.54) is 129 Å². The summed E-state index contributed by atoms with van der Waals surface area (Å²) < 4.78 is 0. The van der Waals surface area contributed by atoms with Gasteiger partial charge in [0.2, 0.25) is 0 Å². The Morgan fingerprint density at radius 3 is 1.30 bits per heavy atom. The van der Waals surface area contributed by atoms with E-state index in [1.54, 1.807) is 0 Å². The first-order valence-electron chi connectivity index (χ1n) is 15.0. The van der Waals surface area contributed by atoms with Gasteiger partial charge in [0, 0.05) is 11.1 Å². The van der Waals surface area contributed by atoms with Crippen LogP contribution in [0.15, 0.2) is 0 Å². The average Bonchev–Trinajstić information content (AvgIpc) is 2.83. The second kappa shape index (κ2) is 15.1. The van der Waals surface area contributed by atoms with Gasteiger partial charge in [-0.25, -0.2) is 0 Å². The zero-order valence-corrected chi connectivity index (χ0v) is 23.1. The highest BCUT2D eigenvalue weighted by atomic mass is 15.9. The third-order valence-corrected chi connectivity index (χ3v) is 9.62. The second-order valence-electron chi connectivity index (χ2n) is 11.5. The van der Waals surface area contributed by atoms with E-state index in [9.17, 15) is 0 Å². The van der Waals surface area contributed by atoms with Crippen LogP contribution in [0.5, 0.6) is 0 Å². The van der Waals surface area contributed by atoms with E-state index >= 15 is 0 Å².